The number of carboxylic acid groups (broad SMARTS) is 1. The Hall–Kier alpha value is -1.56. The number of aliphatic carboxylic acids is 1. The number of halogens is 3. The Balaban J connectivity index is 2.37. The van der Waals surface area contributed by atoms with Crippen LogP contribution >= 0.6 is 0 Å². The Morgan fingerprint density at radius 2 is 1.89 bits per heavy atom. The van der Waals surface area contributed by atoms with E-state index in [4.69, 9.17) is 9.84 Å². The molecule has 1 aliphatic rings. The second kappa shape index (κ2) is 4.97. The summed E-state index contributed by atoms with van der Waals surface area (Å²) in [7, 11) is 0. The van der Waals surface area contributed by atoms with Gasteiger partial charge in [0.2, 0.25) is 0 Å². The fourth-order valence-electron chi connectivity index (χ4n) is 2.10. The molecule has 98 valence electrons. The van der Waals surface area contributed by atoms with E-state index in [0.717, 1.165) is 12.1 Å². The van der Waals surface area contributed by atoms with Crippen LogP contribution in [0.25, 0.3) is 0 Å². The first-order valence-electron chi connectivity index (χ1n) is 5.49. The number of hydrogen-bond acceptors (Lipinski definition) is 2. The van der Waals surface area contributed by atoms with Gasteiger partial charge in [0.15, 0.2) is 17.5 Å². The van der Waals surface area contributed by atoms with E-state index in [9.17, 15) is 18.0 Å². The standard InChI is InChI=1S/C12H11F3O3/c13-8-4-6(5-9(14)10(8)15)11-7(12(16)17)2-1-3-18-11/h4-5,7,11H,1-3H2,(H,16,17). The van der Waals surface area contributed by atoms with Gasteiger partial charge in [-0.25, -0.2) is 13.2 Å². The molecule has 1 aromatic carbocycles. The Bertz CT molecular complexity index is 453. The van der Waals surface area contributed by atoms with Crippen molar-refractivity contribution < 1.29 is 27.8 Å². The van der Waals surface area contributed by atoms with Crippen LogP contribution in [0.1, 0.15) is 24.5 Å². The lowest BCUT2D eigenvalue weighted by Gasteiger charge is -2.29. The van der Waals surface area contributed by atoms with Gasteiger partial charge in [-0.2, -0.15) is 0 Å². The summed E-state index contributed by atoms with van der Waals surface area (Å²) in [5.74, 6) is -6.22. The maximum Gasteiger partial charge on any atom is 0.309 e. The van der Waals surface area contributed by atoms with E-state index < -0.39 is 35.4 Å². The van der Waals surface area contributed by atoms with Gasteiger partial charge >= 0.3 is 5.97 Å². The Kier molecular flexibility index (Phi) is 3.56. The molecule has 0 bridgehead atoms. The highest BCUT2D eigenvalue weighted by molar-refractivity contribution is 5.71. The molecule has 1 heterocycles. The van der Waals surface area contributed by atoms with Crippen molar-refractivity contribution in [2.45, 2.75) is 18.9 Å². The quantitative estimate of drug-likeness (QED) is 0.831. The summed E-state index contributed by atoms with van der Waals surface area (Å²) in [4.78, 5) is 11.0. The number of carbonyl (C=O) groups is 1. The predicted octanol–water partition coefficient (Wildman–Crippen LogP) is 2.66. The van der Waals surface area contributed by atoms with Crippen molar-refractivity contribution in [1.29, 1.82) is 0 Å². The molecule has 1 aliphatic heterocycles. The van der Waals surface area contributed by atoms with Crippen LogP contribution in [-0.2, 0) is 9.53 Å². The minimum absolute atomic E-state index is 0.0125. The van der Waals surface area contributed by atoms with Crippen LogP contribution in [0.4, 0.5) is 13.2 Å². The van der Waals surface area contributed by atoms with Crippen molar-refractivity contribution >= 4 is 5.97 Å². The predicted molar refractivity (Wildman–Crippen MR) is 55.4 cm³/mol. The highest BCUT2D eigenvalue weighted by Gasteiger charge is 2.34. The largest absolute Gasteiger partial charge is 0.481 e. The summed E-state index contributed by atoms with van der Waals surface area (Å²) in [6.45, 7) is 0.315. The number of rotatable bonds is 2. The molecule has 1 saturated heterocycles. The highest BCUT2D eigenvalue weighted by Crippen LogP contribution is 2.34. The van der Waals surface area contributed by atoms with Crippen LogP contribution in [0.5, 0.6) is 0 Å². The zero-order chi connectivity index (χ0) is 13.3. The van der Waals surface area contributed by atoms with E-state index >= 15 is 0 Å². The molecule has 2 atom stereocenters. The van der Waals surface area contributed by atoms with Crippen molar-refractivity contribution in [3.8, 4) is 0 Å². The van der Waals surface area contributed by atoms with Crippen molar-refractivity contribution in [2.75, 3.05) is 6.61 Å². The number of benzene rings is 1. The molecule has 1 N–H and O–H groups in total. The van der Waals surface area contributed by atoms with Crippen LogP contribution in [-0.4, -0.2) is 17.7 Å². The van der Waals surface area contributed by atoms with Gasteiger partial charge in [0, 0.05) is 6.61 Å². The van der Waals surface area contributed by atoms with Gasteiger partial charge in [-0.15, -0.1) is 0 Å². The van der Waals surface area contributed by atoms with Crippen LogP contribution in [0.3, 0.4) is 0 Å². The van der Waals surface area contributed by atoms with Gasteiger partial charge < -0.3 is 9.84 Å². The lowest BCUT2D eigenvalue weighted by atomic mass is 9.89. The van der Waals surface area contributed by atoms with Crippen molar-refractivity contribution in [1.82, 2.24) is 0 Å². The van der Waals surface area contributed by atoms with Gasteiger partial charge in [0.1, 0.15) is 0 Å². The monoisotopic (exact) mass is 260 g/mol. The summed E-state index contributed by atoms with van der Waals surface area (Å²) in [6, 6.07) is 1.56. The molecule has 0 amide bonds. The average Bonchev–Trinajstić information content (AvgIpc) is 2.35. The third-order valence-electron chi connectivity index (χ3n) is 2.97. The summed E-state index contributed by atoms with van der Waals surface area (Å²) in [5.41, 5.74) is 0.0125. The van der Waals surface area contributed by atoms with Crippen molar-refractivity contribution in [3.05, 3.63) is 35.1 Å². The van der Waals surface area contributed by atoms with Crippen molar-refractivity contribution in [2.24, 2.45) is 5.92 Å². The fourth-order valence-corrected chi connectivity index (χ4v) is 2.10. The highest BCUT2D eigenvalue weighted by atomic mass is 19.2. The molecule has 3 nitrogen and oxygen atoms in total. The second-order valence-corrected chi connectivity index (χ2v) is 4.18. The summed E-state index contributed by atoms with van der Waals surface area (Å²) in [5, 5.41) is 9.02. The summed E-state index contributed by atoms with van der Waals surface area (Å²) >= 11 is 0. The first-order valence-corrected chi connectivity index (χ1v) is 5.49. The molecule has 0 aromatic heterocycles. The molecule has 2 unspecified atom stereocenters. The van der Waals surface area contributed by atoms with E-state index in [-0.39, 0.29) is 5.56 Å². The zero-order valence-corrected chi connectivity index (χ0v) is 9.33. The molecule has 0 aliphatic carbocycles. The lowest BCUT2D eigenvalue weighted by Crippen LogP contribution is -2.29. The van der Waals surface area contributed by atoms with Gasteiger partial charge in [0.05, 0.1) is 12.0 Å². The van der Waals surface area contributed by atoms with E-state index in [1.807, 2.05) is 0 Å². The Labute approximate surface area is 101 Å². The molecule has 0 radical (unpaired) electrons. The Morgan fingerprint density at radius 1 is 1.28 bits per heavy atom. The molecule has 18 heavy (non-hydrogen) atoms. The minimum Gasteiger partial charge on any atom is -0.481 e. The van der Waals surface area contributed by atoms with E-state index in [2.05, 4.69) is 0 Å². The summed E-state index contributed by atoms with van der Waals surface area (Å²) < 4.78 is 44.3. The molecular formula is C12H11F3O3. The maximum absolute atomic E-state index is 13.1. The first kappa shape index (κ1) is 12.9. The van der Waals surface area contributed by atoms with E-state index in [0.29, 0.717) is 19.4 Å². The topological polar surface area (TPSA) is 46.5 Å². The number of ether oxygens (including phenoxy) is 1. The van der Waals surface area contributed by atoms with Gasteiger partial charge in [-0.05, 0) is 30.5 Å². The molecule has 6 heteroatoms. The van der Waals surface area contributed by atoms with E-state index in [1.54, 1.807) is 0 Å². The third kappa shape index (κ3) is 2.33. The fraction of sp³-hybridized carbons (Fsp3) is 0.417. The third-order valence-corrected chi connectivity index (χ3v) is 2.97. The van der Waals surface area contributed by atoms with Gasteiger partial charge in [0.25, 0.3) is 0 Å². The molecule has 2 rings (SSSR count). The average molecular weight is 260 g/mol. The number of hydrogen-bond donors (Lipinski definition) is 1. The SMILES string of the molecule is O=C(O)C1CCCOC1c1cc(F)c(F)c(F)c1. The maximum atomic E-state index is 13.1. The normalized spacial score (nSPS) is 23.9. The van der Waals surface area contributed by atoms with Crippen LogP contribution in [0.15, 0.2) is 12.1 Å². The molecule has 1 fully saturated rings. The van der Waals surface area contributed by atoms with Crippen LogP contribution < -0.4 is 0 Å². The van der Waals surface area contributed by atoms with Crippen LogP contribution in [0.2, 0.25) is 0 Å². The second-order valence-electron chi connectivity index (χ2n) is 4.18. The molecular weight excluding hydrogens is 249 g/mol. The minimum atomic E-state index is -1.57. The smallest absolute Gasteiger partial charge is 0.309 e. The van der Waals surface area contributed by atoms with Gasteiger partial charge in [-0.1, -0.05) is 0 Å². The molecule has 1 aromatic rings. The lowest BCUT2D eigenvalue weighted by molar-refractivity contribution is -0.151. The summed E-state index contributed by atoms with van der Waals surface area (Å²) in [6.07, 6.45) is -0.0129. The van der Waals surface area contributed by atoms with E-state index in [1.165, 1.54) is 0 Å². The zero-order valence-electron chi connectivity index (χ0n) is 9.33. The molecule has 0 spiro atoms. The first-order chi connectivity index (χ1) is 8.50. The van der Waals surface area contributed by atoms with Gasteiger partial charge in [-0.3, -0.25) is 4.79 Å². The Morgan fingerprint density at radius 3 is 2.44 bits per heavy atom. The van der Waals surface area contributed by atoms with Crippen molar-refractivity contribution in [3.63, 3.8) is 0 Å². The van der Waals surface area contributed by atoms with Crippen LogP contribution in [0, 0.1) is 23.4 Å². The molecule has 0 saturated carbocycles. The number of carboxylic acids is 1.